The first kappa shape index (κ1) is 23.9. The second kappa shape index (κ2) is 11.7. The molecule has 0 saturated heterocycles. The van der Waals surface area contributed by atoms with Crippen LogP contribution in [0.15, 0.2) is 17.6 Å². The van der Waals surface area contributed by atoms with Crippen LogP contribution in [0.1, 0.15) is 44.9 Å². The number of hydrogen-bond acceptors (Lipinski definition) is 6. The molecule has 0 aromatic heterocycles. The van der Waals surface area contributed by atoms with Crippen LogP contribution in [0.3, 0.4) is 0 Å². The van der Waals surface area contributed by atoms with E-state index in [4.69, 9.17) is 4.55 Å². The average molecular weight is 406 g/mol. The van der Waals surface area contributed by atoms with Gasteiger partial charge in [0.15, 0.2) is 0 Å². The number of quaternary nitrogens is 1. The van der Waals surface area contributed by atoms with Crippen molar-refractivity contribution >= 4 is 21.7 Å². The lowest BCUT2D eigenvalue weighted by Crippen LogP contribution is -2.59. The maximum Gasteiger partial charge on any atom is 0.267 e. The van der Waals surface area contributed by atoms with Crippen molar-refractivity contribution in [1.82, 2.24) is 0 Å². The Morgan fingerprint density at radius 1 is 1.26 bits per heavy atom. The molecule has 0 amide bonds. The lowest BCUT2D eigenvalue weighted by molar-refractivity contribution is -0.837. The first-order valence-electron chi connectivity index (χ1n) is 9.53. The molecule has 156 valence electrons. The van der Waals surface area contributed by atoms with Gasteiger partial charge in [-0.1, -0.05) is 25.3 Å². The Morgan fingerprint density at radius 2 is 1.93 bits per heavy atom. The van der Waals surface area contributed by atoms with Crippen molar-refractivity contribution in [2.24, 2.45) is 4.99 Å². The Kier molecular flexibility index (Phi) is 10.3. The third kappa shape index (κ3) is 8.61. The number of carbonyl (C=O) groups excluding carboxylic acids is 1. The highest BCUT2D eigenvalue weighted by Gasteiger charge is 2.43. The number of unbranched alkanes of at least 4 members (excludes halogenated alkanes) is 5. The highest BCUT2D eigenvalue weighted by molar-refractivity contribution is 7.85. The Balaban J connectivity index is 2.62. The van der Waals surface area contributed by atoms with Gasteiger partial charge in [0.2, 0.25) is 5.78 Å². The number of carbonyl (C=O) groups is 1. The van der Waals surface area contributed by atoms with Gasteiger partial charge in [-0.3, -0.25) is 13.8 Å². The average Bonchev–Trinajstić information content (AvgIpc) is 2.95. The number of aliphatic hydroxyl groups is 2. The Hall–Kier alpha value is -1.13. The lowest BCUT2D eigenvalue weighted by Gasteiger charge is -2.34. The molecule has 1 rings (SSSR count). The van der Waals surface area contributed by atoms with E-state index in [1.54, 1.807) is 0 Å². The molecule has 0 spiro atoms. The van der Waals surface area contributed by atoms with Crippen LogP contribution in [0, 0.1) is 0 Å². The fourth-order valence-corrected chi connectivity index (χ4v) is 4.14. The maximum atomic E-state index is 12.6. The third-order valence-corrected chi connectivity index (χ3v) is 5.60. The van der Waals surface area contributed by atoms with E-state index in [2.05, 4.69) is 11.6 Å². The van der Waals surface area contributed by atoms with Gasteiger partial charge in [0.05, 0.1) is 13.2 Å². The van der Waals surface area contributed by atoms with Crippen LogP contribution in [0.2, 0.25) is 0 Å². The van der Waals surface area contributed by atoms with Gasteiger partial charge in [-0.05, 0) is 19.3 Å². The van der Waals surface area contributed by atoms with Crippen molar-refractivity contribution in [3.05, 3.63) is 12.7 Å². The molecule has 3 N–H and O–H groups in total. The zero-order chi connectivity index (χ0) is 20.3. The van der Waals surface area contributed by atoms with E-state index >= 15 is 0 Å². The summed E-state index contributed by atoms with van der Waals surface area (Å²) in [5.74, 6) is -0.624. The molecule has 1 heterocycles. The van der Waals surface area contributed by atoms with Crippen molar-refractivity contribution < 1.29 is 32.5 Å². The minimum Gasteiger partial charge on any atom is -0.390 e. The molecular weight excluding hydrogens is 372 g/mol. The minimum absolute atomic E-state index is 0.0364. The summed E-state index contributed by atoms with van der Waals surface area (Å²) in [6.45, 7) is 4.38. The summed E-state index contributed by atoms with van der Waals surface area (Å²) >= 11 is 0. The predicted octanol–water partition coefficient (Wildman–Crippen LogP) is 0.942. The first-order valence-corrected chi connectivity index (χ1v) is 11.1. The summed E-state index contributed by atoms with van der Waals surface area (Å²) in [5.41, 5.74) is 0. The third-order valence-electron chi connectivity index (χ3n) is 4.79. The van der Waals surface area contributed by atoms with Crippen molar-refractivity contribution in [1.29, 1.82) is 0 Å². The van der Waals surface area contributed by atoms with E-state index < -0.39 is 22.0 Å². The largest absolute Gasteiger partial charge is 0.390 e. The molecule has 0 aliphatic carbocycles. The summed E-state index contributed by atoms with van der Waals surface area (Å²) in [6, 6.07) is 0. The summed E-state index contributed by atoms with van der Waals surface area (Å²) < 4.78 is 30.9. The van der Waals surface area contributed by atoms with Gasteiger partial charge < -0.3 is 10.2 Å². The topological polar surface area (TPSA) is 124 Å². The number of rotatable bonds is 15. The van der Waals surface area contributed by atoms with Gasteiger partial charge in [0, 0.05) is 6.42 Å². The molecule has 2 unspecified atom stereocenters. The van der Waals surface area contributed by atoms with E-state index in [1.165, 1.54) is 0 Å². The molecule has 1 aliphatic rings. The molecule has 9 heteroatoms. The number of amidine groups is 1. The molecule has 0 radical (unpaired) electrons. The second-order valence-corrected chi connectivity index (χ2v) is 8.62. The predicted molar refractivity (Wildman–Crippen MR) is 104 cm³/mol. The molecule has 8 nitrogen and oxygen atoms in total. The Morgan fingerprint density at radius 3 is 2.56 bits per heavy atom. The van der Waals surface area contributed by atoms with Crippen molar-refractivity contribution in [3.63, 3.8) is 0 Å². The molecule has 2 atom stereocenters. The SMILES string of the molecule is C=CCCCCCCCC(=O)C1=NCC[N+]1(CCO)CC(O)CS(=O)(=O)O. The molecule has 0 aromatic carbocycles. The van der Waals surface area contributed by atoms with Gasteiger partial charge in [0.25, 0.3) is 16.0 Å². The number of hydrogen-bond donors (Lipinski definition) is 3. The van der Waals surface area contributed by atoms with Gasteiger partial charge in [-0.25, -0.2) is 4.99 Å². The smallest absolute Gasteiger partial charge is 0.267 e. The van der Waals surface area contributed by atoms with Gasteiger partial charge >= 0.3 is 0 Å². The normalized spacial score (nSPS) is 21.1. The molecule has 1 aliphatic heterocycles. The molecular formula is C18H33N2O6S+. The van der Waals surface area contributed by atoms with E-state index in [-0.39, 0.29) is 30.0 Å². The Labute approximate surface area is 161 Å². The standard InChI is InChI=1S/C18H32N2O6S/c1-2-3-4-5-6-7-8-9-17(23)18-19-10-11-20(18,12-13-21)14-16(22)15-27(24,25)26/h2,16,21-22H,1,3-15H2/p+1. The monoisotopic (exact) mass is 405 g/mol. The van der Waals surface area contributed by atoms with Crippen LogP contribution >= 0.6 is 0 Å². The van der Waals surface area contributed by atoms with Gasteiger partial charge in [-0.2, -0.15) is 8.42 Å². The minimum atomic E-state index is -4.33. The van der Waals surface area contributed by atoms with Crippen LogP contribution in [0.5, 0.6) is 0 Å². The number of Topliss-reactive ketones (excluding diaryl/α,β-unsaturated/α-hetero) is 1. The molecule has 0 fully saturated rings. The van der Waals surface area contributed by atoms with Crippen LogP contribution in [0.4, 0.5) is 0 Å². The highest BCUT2D eigenvalue weighted by Crippen LogP contribution is 2.20. The number of allylic oxidation sites excluding steroid dienone is 1. The summed E-state index contributed by atoms with van der Waals surface area (Å²) in [5, 5.41) is 19.5. The van der Waals surface area contributed by atoms with Gasteiger partial charge in [0.1, 0.15) is 31.5 Å². The number of aliphatic hydroxyl groups excluding tert-OH is 2. The van der Waals surface area contributed by atoms with E-state index in [0.717, 1.165) is 38.5 Å². The lowest BCUT2D eigenvalue weighted by atomic mass is 10.1. The molecule has 0 saturated carbocycles. The molecule has 0 aromatic rings. The highest BCUT2D eigenvalue weighted by atomic mass is 32.2. The van der Waals surface area contributed by atoms with Crippen LogP contribution in [0.25, 0.3) is 0 Å². The van der Waals surface area contributed by atoms with Crippen molar-refractivity contribution in [2.45, 2.75) is 51.0 Å². The number of nitrogens with zero attached hydrogens (tertiary/aromatic N) is 2. The first-order chi connectivity index (χ1) is 12.7. The van der Waals surface area contributed by atoms with Gasteiger partial charge in [-0.15, -0.1) is 6.58 Å². The van der Waals surface area contributed by atoms with Crippen LogP contribution in [-0.2, 0) is 14.9 Å². The quantitative estimate of drug-likeness (QED) is 0.161. The van der Waals surface area contributed by atoms with E-state index in [0.29, 0.717) is 25.3 Å². The van der Waals surface area contributed by atoms with Crippen LogP contribution in [-0.4, -0.2) is 83.9 Å². The zero-order valence-electron chi connectivity index (χ0n) is 15.9. The van der Waals surface area contributed by atoms with Crippen LogP contribution < -0.4 is 0 Å². The fourth-order valence-electron chi connectivity index (χ4n) is 3.55. The van der Waals surface area contributed by atoms with Crippen molar-refractivity contribution in [3.8, 4) is 0 Å². The summed E-state index contributed by atoms with van der Waals surface area (Å²) in [7, 11) is -4.33. The van der Waals surface area contributed by atoms with Crippen molar-refractivity contribution in [2.75, 3.05) is 38.5 Å². The maximum absolute atomic E-state index is 12.6. The Bertz CT molecular complexity index is 619. The molecule has 0 bridgehead atoms. The molecule has 27 heavy (non-hydrogen) atoms. The number of aliphatic imine (C=N–C) groups is 1. The summed E-state index contributed by atoms with van der Waals surface area (Å²) in [4.78, 5) is 16.9. The van der Waals surface area contributed by atoms with E-state index in [1.807, 2.05) is 6.08 Å². The number of ketones is 1. The fraction of sp³-hybridized carbons (Fsp3) is 0.778. The van der Waals surface area contributed by atoms with E-state index in [9.17, 15) is 23.4 Å². The zero-order valence-corrected chi connectivity index (χ0v) is 16.7. The summed E-state index contributed by atoms with van der Waals surface area (Å²) in [6.07, 6.45) is 6.87. The second-order valence-electron chi connectivity index (χ2n) is 7.12.